The van der Waals surface area contributed by atoms with Gasteiger partial charge in [0.25, 0.3) is 0 Å². The number of hydrogen-bond donors (Lipinski definition) is 2. The summed E-state index contributed by atoms with van der Waals surface area (Å²) in [5, 5.41) is 5.55. The molecule has 0 aliphatic carbocycles. The number of aryl methyl sites for hydroxylation is 1. The average Bonchev–Trinajstić information content (AvgIpc) is 2.81. The molecule has 9 heteroatoms. The van der Waals surface area contributed by atoms with Crippen LogP contribution in [0.15, 0.2) is 24.3 Å². The molecule has 3 amide bonds. The van der Waals surface area contributed by atoms with Crippen molar-refractivity contribution >= 4 is 23.9 Å². The van der Waals surface area contributed by atoms with Crippen LogP contribution in [0, 0.1) is 12.8 Å². The van der Waals surface area contributed by atoms with Gasteiger partial charge in [0.1, 0.15) is 17.7 Å². The first kappa shape index (κ1) is 31.9. The lowest BCUT2D eigenvalue weighted by molar-refractivity contribution is -0.145. The molecule has 9 nitrogen and oxygen atoms in total. The number of benzene rings is 1. The maximum Gasteiger partial charge on any atom is 0.408 e. The minimum Gasteiger partial charge on any atom is -0.466 e. The topological polar surface area (TPSA) is 114 Å². The van der Waals surface area contributed by atoms with Gasteiger partial charge in [0.15, 0.2) is 0 Å². The number of hydrogen-bond acceptors (Lipinski definition) is 6. The van der Waals surface area contributed by atoms with Crippen LogP contribution >= 0.6 is 0 Å². The third kappa shape index (κ3) is 10.4. The second kappa shape index (κ2) is 15.2. The van der Waals surface area contributed by atoms with Gasteiger partial charge < -0.3 is 25.0 Å². The van der Waals surface area contributed by atoms with Gasteiger partial charge in [-0.05, 0) is 58.1 Å². The number of carbonyl (C=O) groups excluding carboxylic acids is 4. The monoisotopic (exact) mass is 519 g/mol. The van der Waals surface area contributed by atoms with Gasteiger partial charge in [-0.15, -0.1) is 0 Å². The van der Waals surface area contributed by atoms with Crippen LogP contribution in [0.25, 0.3) is 0 Å². The van der Waals surface area contributed by atoms with Crippen LogP contribution in [-0.2, 0) is 23.9 Å². The number of carbonyl (C=O) groups is 4. The fourth-order valence-electron chi connectivity index (χ4n) is 3.87. The summed E-state index contributed by atoms with van der Waals surface area (Å²) in [5.41, 5.74) is 0.805. The van der Waals surface area contributed by atoms with Crippen LogP contribution in [0.3, 0.4) is 0 Å². The van der Waals surface area contributed by atoms with E-state index in [1.807, 2.05) is 52.0 Å². The highest BCUT2D eigenvalue weighted by molar-refractivity contribution is 5.92. The fraction of sp³-hybridized carbons (Fsp3) is 0.643. The highest BCUT2D eigenvalue weighted by atomic mass is 16.6. The zero-order valence-electron chi connectivity index (χ0n) is 23.7. The van der Waals surface area contributed by atoms with Gasteiger partial charge in [-0.2, -0.15) is 0 Å². The molecule has 1 aromatic rings. The molecule has 208 valence electrons. The van der Waals surface area contributed by atoms with Crippen molar-refractivity contribution < 1.29 is 28.7 Å². The highest BCUT2D eigenvalue weighted by Gasteiger charge is 2.38. The van der Waals surface area contributed by atoms with E-state index in [9.17, 15) is 19.2 Å². The largest absolute Gasteiger partial charge is 0.466 e. The lowest BCUT2D eigenvalue weighted by Crippen LogP contribution is -2.55. The van der Waals surface area contributed by atoms with Crippen molar-refractivity contribution in [1.29, 1.82) is 0 Å². The smallest absolute Gasteiger partial charge is 0.408 e. The molecule has 3 unspecified atom stereocenters. The Morgan fingerprint density at radius 2 is 1.70 bits per heavy atom. The van der Waals surface area contributed by atoms with Gasteiger partial charge in [0, 0.05) is 13.1 Å². The Hall–Kier alpha value is -3.10. The highest BCUT2D eigenvalue weighted by Crippen LogP contribution is 2.27. The predicted molar refractivity (Wildman–Crippen MR) is 143 cm³/mol. The number of nitrogens with one attached hydrogen (secondary N) is 2. The van der Waals surface area contributed by atoms with E-state index in [0.29, 0.717) is 24.9 Å². The number of ether oxygens (including phenoxy) is 2. The number of nitrogens with zero attached hydrogens (tertiary/aromatic N) is 1. The maximum atomic E-state index is 14.0. The second-order valence-electron chi connectivity index (χ2n) is 10.1. The Morgan fingerprint density at radius 3 is 2.24 bits per heavy atom. The molecule has 1 aromatic carbocycles. The van der Waals surface area contributed by atoms with Crippen molar-refractivity contribution in [3.05, 3.63) is 35.4 Å². The molecule has 3 atom stereocenters. The molecule has 0 aromatic heterocycles. The molecule has 2 N–H and O–H groups in total. The summed E-state index contributed by atoms with van der Waals surface area (Å²) in [6, 6.07) is 5.56. The zero-order chi connectivity index (χ0) is 28.2. The molecule has 0 radical (unpaired) electrons. The molecule has 0 aliphatic heterocycles. The second-order valence-corrected chi connectivity index (χ2v) is 10.1. The molecule has 37 heavy (non-hydrogen) atoms. The summed E-state index contributed by atoms with van der Waals surface area (Å²) >= 11 is 0. The Bertz CT molecular complexity index is 911. The van der Waals surface area contributed by atoms with Crippen LogP contribution in [0.5, 0.6) is 0 Å². The van der Waals surface area contributed by atoms with Gasteiger partial charge in [0.2, 0.25) is 11.8 Å². The molecule has 0 aliphatic rings. The quantitative estimate of drug-likeness (QED) is 0.376. The molecule has 0 heterocycles. The lowest BCUT2D eigenvalue weighted by atomic mass is 9.94. The van der Waals surface area contributed by atoms with Crippen LogP contribution in [0.1, 0.15) is 84.9 Å². The average molecular weight is 520 g/mol. The number of rotatable bonds is 13. The Balaban J connectivity index is 3.38. The van der Waals surface area contributed by atoms with E-state index in [2.05, 4.69) is 10.6 Å². The number of amides is 3. The third-order valence-electron chi connectivity index (χ3n) is 5.88. The van der Waals surface area contributed by atoms with Crippen molar-refractivity contribution in [2.75, 3.05) is 19.7 Å². The molecule has 0 spiro atoms. The van der Waals surface area contributed by atoms with Crippen molar-refractivity contribution in [3.63, 3.8) is 0 Å². The van der Waals surface area contributed by atoms with Crippen molar-refractivity contribution in [2.45, 2.75) is 92.3 Å². The van der Waals surface area contributed by atoms with Gasteiger partial charge in [-0.25, -0.2) is 4.79 Å². The van der Waals surface area contributed by atoms with E-state index in [0.717, 1.165) is 5.56 Å². The standard InChI is InChI=1S/C28H45N3O6/c1-9-18-31(26(34)23(19(4)10-2)30-27(35)37-28(6,7)8)24(21-15-13-12-14-20(21)5)25(33)29-17-16-22(32)36-11-3/h12-15,19,23-24H,9-11,16-18H2,1-8H3,(H,29,33)(H,30,35). The molecule has 0 bridgehead atoms. The summed E-state index contributed by atoms with van der Waals surface area (Å²) in [5.74, 6) is -1.38. The van der Waals surface area contributed by atoms with E-state index < -0.39 is 35.7 Å². The van der Waals surface area contributed by atoms with Crippen molar-refractivity contribution in [2.24, 2.45) is 5.92 Å². The van der Waals surface area contributed by atoms with Crippen LogP contribution in [0.2, 0.25) is 0 Å². The van der Waals surface area contributed by atoms with E-state index in [-0.39, 0.29) is 31.4 Å². The summed E-state index contributed by atoms with van der Waals surface area (Å²) < 4.78 is 10.4. The third-order valence-corrected chi connectivity index (χ3v) is 5.88. The Kier molecular flexibility index (Phi) is 13.1. The maximum absolute atomic E-state index is 14.0. The first-order valence-corrected chi connectivity index (χ1v) is 13.1. The summed E-state index contributed by atoms with van der Waals surface area (Å²) in [7, 11) is 0. The number of esters is 1. The summed E-state index contributed by atoms with van der Waals surface area (Å²) in [4.78, 5) is 53.5. The molecule has 0 saturated heterocycles. The number of alkyl carbamates (subject to hydrolysis) is 1. The molecular weight excluding hydrogens is 474 g/mol. The zero-order valence-corrected chi connectivity index (χ0v) is 23.7. The van der Waals surface area contributed by atoms with E-state index in [1.165, 1.54) is 4.90 Å². The lowest BCUT2D eigenvalue weighted by Gasteiger charge is -2.36. The van der Waals surface area contributed by atoms with Gasteiger partial charge in [0.05, 0.1) is 13.0 Å². The normalized spacial score (nSPS) is 13.6. The molecule has 0 saturated carbocycles. The van der Waals surface area contributed by atoms with E-state index in [1.54, 1.807) is 27.7 Å². The van der Waals surface area contributed by atoms with Gasteiger partial charge >= 0.3 is 12.1 Å². The Labute approximate surface area is 221 Å². The van der Waals surface area contributed by atoms with Crippen molar-refractivity contribution in [1.82, 2.24) is 15.5 Å². The summed E-state index contributed by atoms with van der Waals surface area (Å²) in [6.45, 7) is 15.3. The first-order chi connectivity index (χ1) is 17.4. The van der Waals surface area contributed by atoms with E-state index in [4.69, 9.17) is 9.47 Å². The van der Waals surface area contributed by atoms with Gasteiger partial charge in [-0.1, -0.05) is 51.5 Å². The van der Waals surface area contributed by atoms with Crippen LogP contribution in [0.4, 0.5) is 4.79 Å². The minimum absolute atomic E-state index is 0.0253. The summed E-state index contributed by atoms with van der Waals surface area (Å²) in [6.07, 6.45) is 0.572. The fourth-order valence-corrected chi connectivity index (χ4v) is 3.87. The van der Waals surface area contributed by atoms with Crippen molar-refractivity contribution in [3.8, 4) is 0 Å². The SMILES string of the molecule is CCCN(C(=O)C(NC(=O)OC(C)(C)C)C(C)CC)C(C(=O)NCCC(=O)OCC)c1ccccc1C. The van der Waals surface area contributed by atoms with Crippen LogP contribution < -0.4 is 10.6 Å². The molecule has 0 fully saturated rings. The van der Waals surface area contributed by atoms with Gasteiger partial charge in [-0.3, -0.25) is 14.4 Å². The first-order valence-electron chi connectivity index (χ1n) is 13.1. The predicted octanol–water partition coefficient (Wildman–Crippen LogP) is 4.28. The molecular formula is C28H45N3O6. The van der Waals surface area contributed by atoms with E-state index >= 15 is 0 Å². The minimum atomic E-state index is -0.942. The Morgan fingerprint density at radius 1 is 1.05 bits per heavy atom. The van der Waals surface area contributed by atoms with Crippen LogP contribution in [-0.4, -0.2) is 60.1 Å². The molecule has 1 rings (SSSR count).